The predicted molar refractivity (Wildman–Crippen MR) is 227 cm³/mol. The first-order valence-corrected chi connectivity index (χ1v) is 19.8. The summed E-state index contributed by atoms with van der Waals surface area (Å²) in [6, 6.07) is 58.8. The van der Waals surface area contributed by atoms with E-state index in [2.05, 4.69) is 168 Å². The summed E-state index contributed by atoms with van der Waals surface area (Å²) in [5, 5.41) is 17.4. The van der Waals surface area contributed by atoms with Crippen LogP contribution in [-0.2, 0) is 0 Å². The van der Waals surface area contributed by atoms with Crippen LogP contribution in [0.5, 0.6) is 0 Å². The first-order chi connectivity index (χ1) is 25.3. The first-order valence-electron chi connectivity index (χ1n) is 17.2. The number of benzene rings is 8. The normalized spacial score (nSPS) is 11.9. The zero-order valence-electron chi connectivity index (χ0n) is 27.4. The topological polar surface area (TPSA) is 0 Å². The minimum Gasteiger partial charge on any atom is -0.144 e. The third kappa shape index (κ3) is 4.36. The maximum absolute atomic E-state index is 2.45. The van der Waals surface area contributed by atoms with E-state index in [0.717, 1.165) is 0 Å². The molecule has 11 aromatic rings. The van der Waals surface area contributed by atoms with Crippen molar-refractivity contribution in [3.63, 3.8) is 0 Å². The molecular weight excluding hydrogens is 673 g/mol. The molecule has 0 aliphatic rings. The van der Waals surface area contributed by atoms with Gasteiger partial charge in [-0.25, -0.2) is 0 Å². The van der Waals surface area contributed by atoms with Crippen molar-refractivity contribution in [1.82, 2.24) is 0 Å². The Balaban J connectivity index is 1.19. The minimum atomic E-state index is 1.26. The van der Waals surface area contributed by atoms with Gasteiger partial charge < -0.3 is 0 Å². The third-order valence-electron chi connectivity index (χ3n) is 10.5. The lowest BCUT2D eigenvalue weighted by molar-refractivity contribution is 1.72. The van der Waals surface area contributed by atoms with Crippen molar-refractivity contribution in [1.29, 1.82) is 0 Å². The molecule has 0 amide bonds. The lowest BCUT2D eigenvalue weighted by Gasteiger charge is -2.17. The van der Waals surface area contributed by atoms with Gasteiger partial charge >= 0.3 is 0 Å². The molecule has 0 aliphatic carbocycles. The van der Waals surface area contributed by atoms with Gasteiger partial charge in [-0.3, -0.25) is 0 Å². The summed E-state index contributed by atoms with van der Waals surface area (Å²) in [5.74, 6) is 0. The molecule has 3 heteroatoms. The summed E-state index contributed by atoms with van der Waals surface area (Å²) >= 11 is 5.55. The zero-order chi connectivity index (χ0) is 33.5. The highest BCUT2D eigenvalue weighted by atomic mass is 32.1. The number of hydrogen-bond donors (Lipinski definition) is 0. The van der Waals surface area contributed by atoms with Gasteiger partial charge in [0, 0.05) is 46.6 Å². The second kappa shape index (κ2) is 11.5. The number of hydrogen-bond acceptors (Lipinski definition) is 3. The Bertz CT molecular complexity index is 3010. The van der Waals surface area contributed by atoms with E-state index in [4.69, 9.17) is 0 Å². The quantitative estimate of drug-likeness (QED) is 0.160. The van der Waals surface area contributed by atoms with E-state index in [-0.39, 0.29) is 0 Å². The van der Waals surface area contributed by atoms with Gasteiger partial charge in [-0.15, -0.1) is 34.0 Å². The number of rotatable bonds is 4. The van der Waals surface area contributed by atoms with E-state index in [1.807, 2.05) is 34.0 Å². The van der Waals surface area contributed by atoms with Gasteiger partial charge in [0.1, 0.15) is 0 Å². The van der Waals surface area contributed by atoms with Crippen molar-refractivity contribution in [3.8, 4) is 43.1 Å². The van der Waals surface area contributed by atoms with Crippen molar-refractivity contribution in [2.45, 2.75) is 0 Å². The standard InChI is InChI=1S/C48H28S3/c1-5-16-34-30(12-1)44(31-13-2-6-17-35(31)46(34)42-22-10-26-49-42)29-24-25-41-40(28-29)38-20-9-21-39(48(38)51-41)45-32-14-3-7-18-36(32)47(43-23-11-27-50-43)37-19-8-4-15-33(37)45/h1-28H. The Labute approximate surface area is 307 Å². The smallest absolute Gasteiger partial charge is 0.0434 e. The van der Waals surface area contributed by atoms with E-state index in [1.165, 1.54) is 106 Å². The van der Waals surface area contributed by atoms with Crippen molar-refractivity contribution < 1.29 is 0 Å². The molecule has 0 radical (unpaired) electrons. The molecule has 0 bridgehead atoms. The second-order valence-electron chi connectivity index (χ2n) is 13.1. The molecule has 11 rings (SSSR count). The van der Waals surface area contributed by atoms with Crippen molar-refractivity contribution in [2.75, 3.05) is 0 Å². The Morgan fingerprint density at radius 2 is 0.765 bits per heavy atom. The van der Waals surface area contributed by atoms with Crippen LogP contribution in [0, 0.1) is 0 Å². The summed E-state index contributed by atoms with van der Waals surface area (Å²) in [6.07, 6.45) is 0. The van der Waals surface area contributed by atoms with Crippen LogP contribution in [0.2, 0.25) is 0 Å². The van der Waals surface area contributed by atoms with Gasteiger partial charge in [0.2, 0.25) is 0 Å². The monoisotopic (exact) mass is 700 g/mol. The molecule has 0 atom stereocenters. The molecule has 0 spiro atoms. The Morgan fingerprint density at radius 1 is 0.314 bits per heavy atom. The number of thiophene rings is 3. The van der Waals surface area contributed by atoms with Gasteiger partial charge in [0.05, 0.1) is 0 Å². The summed E-state index contributed by atoms with van der Waals surface area (Å²) in [6.45, 7) is 0. The molecule has 0 saturated carbocycles. The molecule has 0 nitrogen and oxygen atoms in total. The van der Waals surface area contributed by atoms with Crippen LogP contribution < -0.4 is 0 Å². The van der Waals surface area contributed by atoms with Crippen LogP contribution in [0.3, 0.4) is 0 Å². The Kier molecular flexibility index (Phi) is 6.57. The zero-order valence-corrected chi connectivity index (χ0v) is 29.8. The average molecular weight is 701 g/mol. The van der Waals surface area contributed by atoms with Crippen LogP contribution in [-0.4, -0.2) is 0 Å². The summed E-state index contributed by atoms with van der Waals surface area (Å²) in [7, 11) is 0. The first kappa shape index (κ1) is 29.2. The minimum absolute atomic E-state index is 1.26. The second-order valence-corrected chi connectivity index (χ2v) is 16.1. The van der Waals surface area contributed by atoms with E-state index in [9.17, 15) is 0 Å². The maximum Gasteiger partial charge on any atom is 0.0434 e. The van der Waals surface area contributed by atoms with Crippen LogP contribution in [0.25, 0.3) is 106 Å². The van der Waals surface area contributed by atoms with E-state index in [1.54, 1.807) is 0 Å². The van der Waals surface area contributed by atoms with E-state index < -0.39 is 0 Å². The van der Waals surface area contributed by atoms with Gasteiger partial charge in [-0.1, -0.05) is 133 Å². The predicted octanol–water partition coefficient (Wildman–Crippen LogP) is 15.5. The molecule has 0 N–H and O–H groups in total. The van der Waals surface area contributed by atoms with Gasteiger partial charge in [-0.05, 0) is 94.8 Å². The summed E-state index contributed by atoms with van der Waals surface area (Å²) < 4.78 is 2.65. The van der Waals surface area contributed by atoms with Gasteiger partial charge in [-0.2, -0.15) is 0 Å². The molecule has 8 aromatic carbocycles. The molecule has 3 aromatic heterocycles. The fraction of sp³-hybridized carbons (Fsp3) is 0. The van der Waals surface area contributed by atoms with Crippen LogP contribution in [0.1, 0.15) is 0 Å². The molecule has 238 valence electrons. The molecular formula is C48H28S3. The lowest BCUT2D eigenvalue weighted by atomic mass is 9.87. The Morgan fingerprint density at radius 3 is 1.24 bits per heavy atom. The van der Waals surface area contributed by atoms with Gasteiger partial charge in [0.15, 0.2) is 0 Å². The molecule has 0 fully saturated rings. The summed E-state index contributed by atoms with van der Waals surface area (Å²) in [5.41, 5.74) is 7.85. The molecule has 0 unspecified atom stereocenters. The van der Waals surface area contributed by atoms with Gasteiger partial charge in [0.25, 0.3) is 0 Å². The highest BCUT2D eigenvalue weighted by Gasteiger charge is 2.21. The van der Waals surface area contributed by atoms with Crippen molar-refractivity contribution in [3.05, 3.63) is 168 Å². The number of fused-ring (bicyclic) bond motifs is 7. The molecule has 3 heterocycles. The van der Waals surface area contributed by atoms with Crippen LogP contribution in [0.15, 0.2) is 168 Å². The highest BCUT2D eigenvalue weighted by Crippen LogP contribution is 2.50. The summed E-state index contributed by atoms with van der Waals surface area (Å²) in [4.78, 5) is 2.62. The van der Waals surface area contributed by atoms with Crippen molar-refractivity contribution >= 4 is 97.3 Å². The third-order valence-corrected chi connectivity index (χ3v) is 13.4. The van der Waals surface area contributed by atoms with Crippen LogP contribution >= 0.6 is 34.0 Å². The molecule has 0 saturated heterocycles. The maximum atomic E-state index is 2.45. The average Bonchev–Trinajstić information content (AvgIpc) is 3.98. The highest BCUT2D eigenvalue weighted by molar-refractivity contribution is 7.26. The van der Waals surface area contributed by atoms with E-state index in [0.29, 0.717) is 0 Å². The van der Waals surface area contributed by atoms with E-state index >= 15 is 0 Å². The largest absolute Gasteiger partial charge is 0.144 e. The van der Waals surface area contributed by atoms with Crippen LogP contribution in [0.4, 0.5) is 0 Å². The fourth-order valence-electron chi connectivity index (χ4n) is 8.38. The SMILES string of the molecule is c1csc(-c2c3ccccc3c(-c3ccc4sc5c(-c6c7ccccc7c(-c7cccs7)c7ccccc67)cccc5c4c3)c3ccccc23)c1. The fourth-order valence-corrected chi connectivity index (χ4v) is 11.2. The lowest BCUT2D eigenvalue weighted by Crippen LogP contribution is -1.90. The van der Waals surface area contributed by atoms with Crippen molar-refractivity contribution in [2.24, 2.45) is 0 Å². The Hall–Kier alpha value is -5.58. The molecule has 51 heavy (non-hydrogen) atoms. The molecule has 0 aliphatic heterocycles.